The summed E-state index contributed by atoms with van der Waals surface area (Å²) >= 11 is 0. The van der Waals surface area contributed by atoms with Crippen LogP contribution in [0.25, 0.3) is 0 Å². The molecule has 122 valence electrons. The number of para-hydroxylation sites is 1. The molecule has 0 saturated heterocycles. The van der Waals surface area contributed by atoms with E-state index in [1.165, 1.54) is 16.8 Å². The fourth-order valence-corrected chi connectivity index (χ4v) is 3.53. The second-order valence-corrected chi connectivity index (χ2v) is 6.56. The second kappa shape index (κ2) is 6.17. The van der Waals surface area contributed by atoms with Gasteiger partial charge >= 0.3 is 0 Å². The van der Waals surface area contributed by atoms with Gasteiger partial charge in [-0.1, -0.05) is 48.5 Å². The Kier molecular flexibility index (Phi) is 3.87. The van der Waals surface area contributed by atoms with Gasteiger partial charge in [-0.15, -0.1) is 0 Å². The van der Waals surface area contributed by atoms with Crippen molar-refractivity contribution in [1.82, 2.24) is 9.47 Å². The van der Waals surface area contributed by atoms with Crippen molar-refractivity contribution in [3.63, 3.8) is 0 Å². The van der Waals surface area contributed by atoms with Crippen molar-refractivity contribution < 1.29 is 4.74 Å². The zero-order chi connectivity index (χ0) is 16.5. The molecule has 0 saturated carbocycles. The van der Waals surface area contributed by atoms with Crippen LogP contribution in [0.5, 0.6) is 5.75 Å². The Balaban J connectivity index is 1.91. The maximum Gasteiger partial charge on any atom is 0.151 e. The molecule has 0 amide bonds. The molecular formula is C21H22N2O. The lowest BCUT2D eigenvalue weighted by Crippen LogP contribution is -2.25. The third kappa shape index (κ3) is 2.61. The molecule has 2 atom stereocenters. The molecule has 0 radical (unpaired) electrons. The van der Waals surface area contributed by atoms with E-state index >= 15 is 0 Å². The maximum atomic E-state index is 6.44. The van der Waals surface area contributed by atoms with E-state index in [4.69, 9.17) is 4.74 Å². The van der Waals surface area contributed by atoms with Crippen LogP contribution in [0.3, 0.4) is 0 Å². The number of aromatic nitrogens is 1. The molecule has 0 aliphatic carbocycles. The summed E-state index contributed by atoms with van der Waals surface area (Å²) < 4.78 is 8.80. The Morgan fingerprint density at radius 1 is 0.917 bits per heavy atom. The minimum absolute atomic E-state index is 0.0184. The zero-order valence-corrected chi connectivity index (χ0v) is 14.1. The molecule has 2 aromatic carbocycles. The first-order chi connectivity index (χ1) is 11.7. The Hall–Kier alpha value is -2.52. The molecule has 0 N–H and O–H groups in total. The molecule has 1 aromatic heterocycles. The number of rotatable bonds is 3. The first kappa shape index (κ1) is 15.0. The molecule has 3 aromatic rings. The van der Waals surface area contributed by atoms with Gasteiger partial charge in [0.1, 0.15) is 5.75 Å². The number of ether oxygens (including phenoxy) is 1. The highest BCUT2D eigenvalue weighted by Crippen LogP contribution is 2.40. The van der Waals surface area contributed by atoms with Crippen molar-refractivity contribution in [3.05, 3.63) is 89.7 Å². The van der Waals surface area contributed by atoms with Crippen molar-refractivity contribution in [2.75, 3.05) is 20.6 Å². The van der Waals surface area contributed by atoms with Gasteiger partial charge < -0.3 is 14.2 Å². The van der Waals surface area contributed by atoms with Crippen molar-refractivity contribution in [2.24, 2.45) is 0 Å². The van der Waals surface area contributed by atoms with E-state index in [2.05, 4.69) is 90.4 Å². The van der Waals surface area contributed by atoms with Crippen LogP contribution in [0.1, 0.15) is 29.0 Å². The number of likely N-dealkylation sites (N-methyl/N-ethyl adjacent to an activating group) is 1. The number of benzene rings is 2. The van der Waals surface area contributed by atoms with E-state index in [-0.39, 0.29) is 12.1 Å². The fraction of sp³-hybridized carbons (Fsp3) is 0.238. The Morgan fingerprint density at radius 2 is 1.67 bits per heavy atom. The zero-order valence-electron chi connectivity index (χ0n) is 14.1. The Labute approximate surface area is 143 Å². The number of hydrogen-bond donors (Lipinski definition) is 0. The van der Waals surface area contributed by atoms with E-state index < -0.39 is 0 Å². The molecule has 0 fully saturated rings. The van der Waals surface area contributed by atoms with Crippen LogP contribution < -0.4 is 4.74 Å². The lowest BCUT2D eigenvalue weighted by atomic mass is 9.97. The number of nitrogens with zero attached hydrogens (tertiary/aromatic N) is 2. The van der Waals surface area contributed by atoms with Gasteiger partial charge in [0.25, 0.3) is 0 Å². The summed E-state index contributed by atoms with van der Waals surface area (Å²) in [5, 5.41) is 0. The molecule has 0 bridgehead atoms. The molecule has 24 heavy (non-hydrogen) atoms. The van der Waals surface area contributed by atoms with Gasteiger partial charge in [0, 0.05) is 18.3 Å². The monoisotopic (exact) mass is 318 g/mol. The van der Waals surface area contributed by atoms with Gasteiger partial charge in [-0.2, -0.15) is 0 Å². The first-order valence-corrected chi connectivity index (χ1v) is 8.36. The van der Waals surface area contributed by atoms with E-state index in [0.29, 0.717) is 0 Å². The number of fused-ring (bicyclic) bond motifs is 2. The molecule has 3 nitrogen and oxygen atoms in total. The van der Waals surface area contributed by atoms with Gasteiger partial charge in [-0.05, 0) is 37.9 Å². The van der Waals surface area contributed by atoms with Crippen LogP contribution in [0.15, 0.2) is 72.9 Å². The van der Waals surface area contributed by atoms with Crippen molar-refractivity contribution in [2.45, 2.75) is 12.1 Å². The van der Waals surface area contributed by atoms with Crippen molar-refractivity contribution >= 4 is 0 Å². The molecule has 1 aliphatic heterocycles. The summed E-state index contributed by atoms with van der Waals surface area (Å²) in [6.45, 7) is 0.847. The van der Waals surface area contributed by atoms with Crippen molar-refractivity contribution in [1.29, 1.82) is 0 Å². The quantitative estimate of drug-likeness (QED) is 0.723. The predicted molar refractivity (Wildman–Crippen MR) is 96.5 cm³/mol. The van der Waals surface area contributed by atoms with Crippen LogP contribution in [-0.4, -0.2) is 30.1 Å². The van der Waals surface area contributed by atoms with Gasteiger partial charge in [0.05, 0.1) is 11.7 Å². The van der Waals surface area contributed by atoms with E-state index in [1.807, 2.05) is 6.07 Å². The SMILES string of the molecule is CN(C)CC1Oc2ccccc2C(c2ccccc2)n2cccc21. The predicted octanol–water partition coefficient (Wildman–Crippen LogP) is 4.12. The topological polar surface area (TPSA) is 17.4 Å². The summed E-state index contributed by atoms with van der Waals surface area (Å²) in [7, 11) is 4.17. The van der Waals surface area contributed by atoms with E-state index in [1.54, 1.807) is 0 Å². The molecule has 1 aliphatic rings. The molecule has 2 heterocycles. The summed E-state index contributed by atoms with van der Waals surface area (Å²) in [6.07, 6.45) is 2.19. The lowest BCUT2D eigenvalue weighted by Gasteiger charge is -2.22. The summed E-state index contributed by atoms with van der Waals surface area (Å²) in [6, 6.07) is 23.5. The largest absolute Gasteiger partial charge is 0.482 e. The first-order valence-electron chi connectivity index (χ1n) is 8.36. The highest BCUT2D eigenvalue weighted by Gasteiger charge is 2.30. The molecule has 0 spiro atoms. The summed E-state index contributed by atoms with van der Waals surface area (Å²) in [5.74, 6) is 0.974. The smallest absolute Gasteiger partial charge is 0.151 e. The molecule has 2 unspecified atom stereocenters. The third-order valence-electron chi connectivity index (χ3n) is 4.55. The van der Waals surface area contributed by atoms with Gasteiger partial charge in [0.15, 0.2) is 6.10 Å². The standard InChI is InChI=1S/C21H22N2O/c1-22(2)15-20-18-12-8-14-23(18)21(16-9-4-3-5-10-16)17-11-6-7-13-19(17)24-20/h3-14,20-21H,15H2,1-2H3. The minimum atomic E-state index is 0.0184. The molecular weight excluding hydrogens is 296 g/mol. The van der Waals surface area contributed by atoms with Gasteiger partial charge in [-0.3, -0.25) is 0 Å². The van der Waals surface area contributed by atoms with E-state index in [9.17, 15) is 0 Å². The molecule has 4 rings (SSSR count). The van der Waals surface area contributed by atoms with Crippen molar-refractivity contribution in [3.8, 4) is 5.75 Å². The Bertz CT molecular complexity index is 823. The summed E-state index contributed by atoms with van der Waals surface area (Å²) in [5.41, 5.74) is 3.70. The Morgan fingerprint density at radius 3 is 2.46 bits per heavy atom. The van der Waals surface area contributed by atoms with Gasteiger partial charge in [-0.25, -0.2) is 0 Å². The van der Waals surface area contributed by atoms with Crippen LogP contribution in [0.4, 0.5) is 0 Å². The highest BCUT2D eigenvalue weighted by molar-refractivity contribution is 5.45. The van der Waals surface area contributed by atoms with Crippen LogP contribution >= 0.6 is 0 Å². The lowest BCUT2D eigenvalue weighted by molar-refractivity contribution is 0.159. The van der Waals surface area contributed by atoms with Crippen LogP contribution in [0, 0.1) is 0 Å². The average molecular weight is 318 g/mol. The average Bonchev–Trinajstić information content (AvgIpc) is 3.01. The highest BCUT2D eigenvalue weighted by atomic mass is 16.5. The number of hydrogen-bond acceptors (Lipinski definition) is 2. The van der Waals surface area contributed by atoms with Crippen LogP contribution in [0.2, 0.25) is 0 Å². The minimum Gasteiger partial charge on any atom is -0.482 e. The second-order valence-electron chi connectivity index (χ2n) is 6.56. The molecule has 3 heteroatoms. The van der Waals surface area contributed by atoms with Gasteiger partial charge in [0.2, 0.25) is 0 Å². The fourth-order valence-electron chi connectivity index (χ4n) is 3.53. The van der Waals surface area contributed by atoms with E-state index in [0.717, 1.165) is 12.3 Å². The maximum absolute atomic E-state index is 6.44. The summed E-state index contributed by atoms with van der Waals surface area (Å²) in [4.78, 5) is 2.17. The normalized spacial score (nSPS) is 19.3. The third-order valence-corrected chi connectivity index (χ3v) is 4.55. The van der Waals surface area contributed by atoms with Crippen LogP contribution in [-0.2, 0) is 0 Å².